The average Bonchev–Trinajstić information content (AvgIpc) is 2.86. The van der Waals surface area contributed by atoms with Gasteiger partial charge >= 0.3 is 0 Å². The molecular formula is C10H15N3O. The minimum absolute atomic E-state index is 0.502. The first-order valence-corrected chi connectivity index (χ1v) is 4.85. The van der Waals surface area contributed by atoms with Crippen LogP contribution in [0.25, 0.3) is 6.20 Å². The monoisotopic (exact) mass is 193 g/mol. The van der Waals surface area contributed by atoms with Crippen molar-refractivity contribution in [2.45, 2.75) is 19.0 Å². The maximum Gasteiger partial charge on any atom is 0.0620 e. The van der Waals surface area contributed by atoms with Crippen LogP contribution in [0.3, 0.4) is 0 Å². The molecule has 0 saturated carbocycles. The van der Waals surface area contributed by atoms with Gasteiger partial charge in [-0.15, -0.1) is 0 Å². The quantitative estimate of drug-likeness (QED) is 0.771. The van der Waals surface area contributed by atoms with E-state index in [-0.39, 0.29) is 0 Å². The van der Waals surface area contributed by atoms with E-state index in [2.05, 4.69) is 17.0 Å². The molecule has 0 aromatic carbocycles. The molecule has 0 spiro atoms. The van der Waals surface area contributed by atoms with Gasteiger partial charge in [-0.3, -0.25) is 0 Å². The summed E-state index contributed by atoms with van der Waals surface area (Å²) in [5, 5.41) is 7.53. The van der Waals surface area contributed by atoms with E-state index in [0.717, 1.165) is 26.2 Å². The fraction of sp³-hybridized carbons (Fsp3) is 0.500. The van der Waals surface area contributed by atoms with Crippen molar-refractivity contribution < 1.29 is 4.74 Å². The summed E-state index contributed by atoms with van der Waals surface area (Å²) >= 11 is 0. The molecule has 1 unspecified atom stereocenters. The van der Waals surface area contributed by atoms with Gasteiger partial charge in [-0.1, -0.05) is 6.58 Å². The summed E-state index contributed by atoms with van der Waals surface area (Å²) in [7, 11) is 0. The fourth-order valence-corrected chi connectivity index (χ4v) is 1.53. The molecule has 14 heavy (non-hydrogen) atoms. The van der Waals surface area contributed by atoms with Crippen molar-refractivity contribution in [2.75, 3.05) is 13.2 Å². The van der Waals surface area contributed by atoms with Crippen LogP contribution in [0, 0.1) is 0 Å². The molecule has 0 aliphatic carbocycles. The molecule has 2 heterocycles. The molecule has 1 atom stereocenters. The first kappa shape index (κ1) is 9.43. The van der Waals surface area contributed by atoms with Gasteiger partial charge in [0.1, 0.15) is 0 Å². The van der Waals surface area contributed by atoms with Crippen LogP contribution < -0.4 is 5.32 Å². The van der Waals surface area contributed by atoms with Crippen LogP contribution in [0.2, 0.25) is 0 Å². The number of nitrogens with zero attached hydrogens (tertiary/aromatic N) is 2. The van der Waals surface area contributed by atoms with Crippen LogP contribution in [0.4, 0.5) is 0 Å². The molecule has 1 aromatic rings. The van der Waals surface area contributed by atoms with E-state index >= 15 is 0 Å². The van der Waals surface area contributed by atoms with Crippen molar-refractivity contribution in [3.8, 4) is 0 Å². The molecule has 1 fully saturated rings. The molecule has 4 heteroatoms. The lowest BCUT2D eigenvalue weighted by atomic mass is 10.2. The number of aromatic nitrogens is 2. The fourth-order valence-electron chi connectivity index (χ4n) is 1.53. The van der Waals surface area contributed by atoms with Crippen molar-refractivity contribution in [3.05, 3.63) is 24.5 Å². The molecule has 1 aliphatic rings. The lowest BCUT2D eigenvalue weighted by Gasteiger charge is -2.08. The van der Waals surface area contributed by atoms with Crippen LogP contribution in [0.5, 0.6) is 0 Å². The van der Waals surface area contributed by atoms with Crippen LogP contribution in [-0.2, 0) is 11.3 Å². The van der Waals surface area contributed by atoms with E-state index < -0.39 is 0 Å². The third kappa shape index (κ3) is 2.21. The van der Waals surface area contributed by atoms with Gasteiger partial charge in [0.05, 0.1) is 12.8 Å². The Morgan fingerprint density at radius 1 is 1.79 bits per heavy atom. The molecule has 4 nitrogen and oxygen atoms in total. The number of rotatable bonds is 4. The topological polar surface area (TPSA) is 39.1 Å². The Labute approximate surface area is 83.6 Å². The van der Waals surface area contributed by atoms with Crippen molar-refractivity contribution in [2.24, 2.45) is 0 Å². The molecule has 76 valence electrons. The van der Waals surface area contributed by atoms with Crippen molar-refractivity contribution in [3.63, 3.8) is 0 Å². The largest absolute Gasteiger partial charge is 0.380 e. The van der Waals surface area contributed by atoms with Gasteiger partial charge in [0.25, 0.3) is 0 Å². The average molecular weight is 193 g/mol. The first-order chi connectivity index (χ1) is 6.88. The molecule has 0 amide bonds. The van der Waals surface area contributed by atoms with Crippen molar-refractivity contribution in [1.82, 2.24) is 15.1 Å². The molecule has 0 bridgehead atoms. The Hall–Kier alpha value is -1.13. The Kier molecular flexibility index (Phi) is 2.96. The molecule has 1 aromatic heterocycles. The summed E-state index contributed by atoms with van der Waals surface area (Å²) in [5.74, 6) is 0. The first-order valence-electron chi connectivity index (χ1n) is 4.85. The molecule has 1 N–H and O–H groups in total. The highest BCUT2D eigenvalue weighted by Gasteiger charge is 2.14. The zero-order chi connectivity index (χ0) is 9.80. The highest BCUT2D eigenvalue weighted by atomic mass is 16.5. The summed E-state index contributed by atoms with van der Waals surface area (Å²) < 4.78 is 6.98. The lowest BCUT2D eigenvalue weighted by Crippen LogP contribution is -2.28. The van der Waals surface area contributed by atoms with Crippen molar-refractivity contribution >= 4 is 6.20 Å². The summed E-state index contributed by atoms with van der Waals surface area (Å²) in [5.41, 5.74) is 1.18. The van der Waals surface area contributed by atoms with Gasteiger partial charge in [-0.25, -0.2) is 4.68 Å². The third-order valence-corrected chi connectivity index (χ3v) is 2.37. The Bertz CT molecular complexity index is 302. The van der Waals surface area contributed by atoms with E-state index in [4.69, 9.17) is 4.74 Å². The van der Waals surface area contributed by atoms with E-state index in [0.29, 0.717) is 6.04 Å². The van der Waals surface area contributed by atoms with E-state index in [1.165, 1.54) is 5.56 Å². The van der Waals surface area contributed by atoms with Gasteiger partial charge in [0.2, 0.25) is 0 Å². The molecule has 2 rings (SSSR count). The second kappa shape index (κ2) is 4.39. The minimum Gasteiger partial charge on any atom is -0.380 e. The van der Waals surface area contributed by atoms with Crippen LogP contribution >= 0.6 is 0 Å². The molecule has 1 saturated heterocycles. The maximum absolute atomic E-state index is 5.27. The Balaban J connectivity index is 1.81. The zero-order valence-corrected chi connectivity index (χ0v) is 8.15. The zero-order valence-electron chi connectivity index (χ0n) is 8.15. The maximum atomic E-state index is 5.27. The number of nitrogens with one attached hydrogen (secondary N) is 1. The molecule has 0 radical (unpaired) electrons. The lowest BCUT2D eigenvalue weighted by molar-refractivity contribution is 0.190. The van der Waals surface area contributed by atoms with Gasteiger partial charge in [-0.2, -0.15) is 5.10 Å². The third-order valence-electron chi connectivity index (χ3n) is 2.37. The highest BCUT2D eigenvalue weighted by molar-refractivity contribution is 5.17. The summed E-state index contributed by atoms with van der Waals surface area (Å²) in [6.45, 7) is 6.20. The van der Waals surface area contributed by atoms with Crippen LogP contribution in [0.1, 0.15) is 12.0 Å². The van der Waals surface area contributed by atoms with Gasteiger partial charge < -0.3 is 10.1 Å². The smallest absolute Gasteiger partial charge is 0.0620 e. The Morgan fingerprint density at radius 2 is 2.71 bits per heavy atom. The summed E-state index contributed by atoms with van der Waals surface area (Å²) in [6, 6.07) is 0.502. The highest BCUT2D eigenvalue weighted by Crippen LogP contribution is 2.05. The van der Waals surface area contributed by atoms with E-state index in [9.17, 15) is 0 Å². The SMILES string of the molecule is C=Cn1cc(CNC2CCOC2)cn1. The second-order valence-corrected chi connectivity index (χ2v) is 3.45. The predicted octanol–water partition coefficient (Wildman–Crippen LogP) is 0.862. The molecular weight excluding hydrogens is 178 g/mol. The Morgan fingerprint density at radius 3 is 3.36 bits per heavy atom. The molecule has 1 aliphatic heterocycles. The van der Waals surface area contributed by atoms with Crippen LogP contribution in [-0.4, -0.2) is 29.0 Å². The minimum atomic E-state index is 0.502. The van der Waals surface area contributed by atoms with Gasteiger partial charge in [-0.05, 0) is 6.42 Å². The standard InChI is InChI=1S/C10H15N3O/c1-2-13-7-9(6-12-13)5-11-10-3-4-14-8-10/h2,6-7,10-11H,1,3-5,8H2. The van der Waals surface area contributed by atoms with E-state index in [1.807, 2.05) is 12.4 Å². The van der Waals surface area contributed by atoms with E-state index in [1.54, 1.807) is 10.9 Å². The number of hydrogen-bond donors (Lipinski definition) is 1. The van der Waals surface area contributed by atoms with Crippen molar-refractivity contribution in [1.29, 1.82) is 0 Å². The summed E-state index contributed by atoms with van der Waals surface area (Å²) in [6.07, 6.45) is 6.61. The second-order valence-electron chi connectivity index (χ2n) is 3.45. The van der Waals surface area contributed by atoms with Gasteiger partial charge in [0, 0.05) is 37.2 Å². The number of ether oxygens (including phenoxy) is 1. The summed E-state index contributed by atoms with van der Waals surface area (Å²) in [4.78, 5) is 0. The number of hydrogen-bond acceptors (Lipinski definition) is 3. The van der Waals surface area contributed by atoms with Gasteiger partial charge in [0.15, 0.2) is 0 Å². The predicted molar refractivity (Wildman–Crippen MR) is 54.7 cm³/mol. The van der Waals surface area contributed by atoms with Crippen LogP contribution in [0.15, 0.2) is 19.0 Å². The normalized spacial score (nSPS) is 21.3.